The lowest BCUT2D eigenvalue weighted by Crippen LogP contribution is -2.45. The summed E-state index contributed by atoms with van der Waals surface area (Å²) in [6.07, 6.45) is 70.9. The smallest absolute Gasteiger partial charge is 0.305 e. The van der Waals surface area contributed by atoms with Gasteiger partial charge in [-0.25, -0.2) is 0 Å². The van der Waals surface area contributed by atoms with Gasteiger partial charge >= 0.3 is 5.97 Å². The molecule has 0 aromatic rings. The van der Waals surface area contributed by atoms with Crippen molar-refractivity contribution in [2.24, 2.45) is 0 Å². The molecule has 2 atom stereocenters. The summed E-state index contributed by atoms with van der Waals surface area (Å²) in [6, 6.07) is -0.626. The minimum absolute atomic E-state index is 0.0171. The van der Waals surface area contributed by atoms with Gasteiger partial charge in [-0.3, -0.25) is 9.59 Å². The molecule has 0 aliphatic carbocycles. The maximum absolute atomic E-state index is 12.4. The lowest BCUT2D eigenvalue weighted by atomic mass is 10.0. The van der Waals surface area contributed by atoms with Crippen molar-refractivity contribution in [3.63, 3.8) is 0 Å². The Labute approximate surface area is 424 Å². The molecule has 0 saturated carbocycles. The summed E-state index contributed by atoms with van der Waals surface area (Å²) in [5, 5.41) is 23.0. The first-order valence-electron chi connectivity index (χ1n) is 30.6. The number of allylic oxidation sites excluding steroid dienone is 3. The van der Waals surface area contributed by atoms with Gasteiger partial charge in [0.2, 0.25) is 5.91 Å². The molecule has 0 aliphatic rings. The van der Waals surface area contributed by atoms with Crippen LogP contribution in [0.2, 0.25) is 0 Å². The number of rotatable bonds is 57. The number of aliphatic hydroxyl groups is 2. The second-order valence-corrected chi connectivity index (χ2v) is 21.0. The van der Waals surface area contributed by atoms with Crippen LogP contribution in [0.4, 0.5) is 0 Å². The van der Waals surface area contributed by atoms with Crippen LogP contribution < -0.4 is 5.32 Å². The van der Waals surface area contributed by atoms with Crippen LogP contribution in [-0.4, -0.2) is 47.4 Å². The van der Waals surface area contributed by atoms with Crippen molar-refractivity contribution < 1.29 is 24.5 Å². The molecule has 0 rings (SSSR count). The van der Waals surface area contributed by atoms with E-state index in [0.29, 0.717) is 19.4 Å². The molecule has 6 heteroatoms. The van der Waals surface area contributed by atoms with E-state index in [9.17, 15) is 19.8 Å². The van der Waals surface area contributed by atoms with Gasteiger partial charge in [-0.15, -0.1) is 0 Å². The standard InChI is InChI=1S/C62H119NO5/c1-3-5-7-9-11-13-15-16-33-36-40-44-48-52-56-62(67)68-57-53-49-45-41-37-34-31-29-27-25-23-21-19-17-18-20-22-24-26-28-30-32-35-39-43-47-51-55-61(66)63-59(58-64)60(65)54-50-46-42-38-14-12-10-8-6-4-2/h17-18,50,54,59-60,64-65H,3-16,19-49,51-53,55-58H2,1-2H3,(H,63,66)/b18-17-,54-50+. The van der Waals surface area contributed by atoms with Crippen LogP contribution in [0.25, 0.3) is 0 Å². The monoisotopic (exact) mass is 958 g/mol. The summed E-state index contributed by atoms with van der Waals surface area (Å²) in [7, 11) is 0. The lowest BCUT2D eigenvalue weighted by Gasteiger charge is -2.20. The predicted molar refractivity (Wildman–Crippen MR) is 296 cm³/mol. The van der Waals surface area contributed by atoms with E-state index in [4.69, 9.17) is 4.74 Å². The Hall–Kier alpha value is -1.66. The second-order valence-electron chi connectivity index (χ2n) is 21.0. The maximum atomic E-state index is 12.4. The number of carbonyl (C=O) groups is 2. The zero-order valence-corrected chi connectivity index (χ0v) is 45.9. The fourth-order valence-corrected chi connectivity index (χ4v) is 9.51. The van der Waals surface area contributed by atoms with E-state index in [2.05, 4.69) is 31.3 Å². The highest BCUT2D eigenvalue weighted by molar-refractivity contribution is 5.76. The molecule has 0 saturated heterocycles. The molecule has 0 aromatic heterocycles. The average molecular weight is 959 g/mol. The summed E-state index contributed by atoms with van der Waals surface area (Å²) in [5.74, 6) is -0.0529. The number of hydrogen-bond donors (Lipinski definition) is 3. The van der Waals surface area contributed by atoms with Gasteiger partial charge < -0.3 is 20.3 Å². The van der Waals surface area contributed by atoms with E-state index >= 15 is 0 Å². The molecule has 402 valence electrons. The number of unbranched alkanes of at least 4 members (excludes halogenated alkanes) is 44. The Morgan fingerprint density at radius 2 is 0.691 bits per heavy atom. The fraction of sp³-hybridized carbons (Fsp3) is 0.903. The van der Waals surface area contributed by atoms with Crippen molar-refractivity contribution in [2.75, 3.05) is 13.2 Å². The Balaban J connectivity index is 3.36. The molecule has 0 aliphatic heterocycles. The van der Waals surface area contributed by atoms with Crippen LogP contribution in [0.1, 0.15) is 335 Å². The van der Waals surface area contributed by atoms with Gasteiger partial charge in [0.25, 0.3) is 0 Å². The molecule has 6 nitrogen and oxygen atoms in total. The molecule has 2 unspecified atom stereocenters. The van der Waals surface area contributed by atoms with Gasteiger partial charge in [0, 0.05) is 12.8 Å². The number of ether oxygens (including phenoxy) is 1. The number of nitrogens with one attached hydrogen (secondary N) is 1. The molecule has 0 fully saturated rings. The highest BCUT2D eigenvalue weighted by Crippen LogP contribution is 2.17. The number of carbonyl (C=O) groups excluding carboxylic acids is 2. The molecule has 1 amide bonds. The van der Waals surface area contributed by atoms with Crippen molar-refractivity contribution in [2.45, 2.75) is 347 Å². The van der Waals surface area contributed by atoms with E-state index in [0.717, 1.165) is 38.5 Å². The third kappa shape index (κ3) is 53.7. The first kappa shape index (κ1) is 66.3. The predicted octanol–water partition coefficient (Wildman–Crippen LogP) is 19.0. The Bertz CT molecular complexity index is 1060. The normalized spacial score (nSPS) is 12.7. The van der Waals surface area contributed by atoms with Gasteiger partial charge in [-0.05, 0) is 57.8 Å². The Kier molecular flexibility index (Phi) is 56.5. The average Bonchev–Trinajstić information content (AvgIpc) is 3.34. The zero-order valence-electron chi connectivity index (χ0n) is 45.9. The van der Waals surface area contributed by atoms with Crippen molar-refractivity contribution in [3.8, 4) is 0 Å². The second kappa shape index (κ2) is 57.9. The summed E-state index contributed by atoms with van der Waals surface area (Å²) >= 11 is 0. The largest absolute Gasteiger partial charge is 0.466 e. The van der Waals surface area contributed by atoms with E-state index in [1.807, 2.05) is 6.08 Å². The quantitative estimate of drug-likeness (QED) is 0.0321. The van der Waals surface area contributed by atoms with Crippen molar-refractivity contribution >= 4 is 11.9 Å². The molecular weight excluding hydrogens is 839 g/mol. The minimum atomic E-state index is -0.842. The summed E-state index contributed by atoms with van der Waals surface area (Å²) in [5.41, 5.74) is 0. The first-order chi connectivity index (χ1) is 33.5. The number of amides is 1. The van der Waals surface area contributed by atoms with Gasteiger partial charge in [0.15, 0.2) is 0 Å². The molecule has 0 radical (unpaired) electrons. The number of hydrogen-bond acceptors (Lipinski definition) is 5. The third-order valence-electron chi connectivity index (χ3n) is 14.2. The molecule has 0 bridgehead atoms. The minimum Gasteiger partial charge on any atom is -0.466 e. The van der Waals surface area contributed by atoms with Gasteiger partial charge in [-0.1, -0.05) is 289 Å². The van der Waals surface area contributed by atoms with Crippen LogP contribution >= 0.6 is 0 Å². The molecular formula is C62H119NO5. The first-order valence-corrected chi connectivity index (χ1v) is 30.6. The van der Waals surface area contributed by atoms with Crippen LogP contribution in [0, 0.1) is 0 Å². The molecule has 68 heavy (non-hydrogen) atoms. The fourth-order valence-electron chi connectivity index (χ4n) is 9.51. The van der Waals surface area contributed by atoms with Gasteiger partial charge in [0.05, 0.1) is 25.4 Å². The third-order valence-corrected chi connectivity index (χ3v) is 14.2. The molecule has 0 aromatic carbocycles. The molecule has 0 heterocycles. The SMILES string of the molecule is CCCCCCCCCC/C=C/C(O)C(CO)NC(=O)CCCCCCCCCCCCC/C=C\CCCCCCCCCCCCCCOC(=O)CCCCCCCCCCCCCCCC. The summed E-state index contributed by atoms with van der Waals surface area (Å²) in [6.45, 7) is 4.90. The maximum Gasteiger partial charge on any atom is 0.305 e. The van der Waals surface area contributed by atoms with Gasteiger partial charge in [-0.2, -0.15) is 0 Å². The number of esters is 1. The van der Waals surface area contributed by atoms with Crippen LogP contribution in [0.5, 0.6) is 0 Å². The van der Waals surface area contributed by atoms with Crippen molar-refractivity contribution in [1.82, 2.24) is 5.32 Å². The van der Waals surface area contributed by atoms with E-state index in [-0.39, 0.29) is 18.5 Å². The topological polar surface area (TPSA) is 95.9 Å². The number of aliphatic hydroxyl groups excluding tert-OH is 2. The highest BCUT2D eigenvalue weighted by atomic mass is 16.5. The summed E-state index contributed by atoms with van der Waals surface area (Å²) < 4.78 is 5.49. The van der Waals surface area contributed by atoms with Crippen LogP contribution in [0.3, 0.4) is 0 Å². The van der Waals surface area contributed by atoms with Gasteiger partial charge in [0.1, 0.15) is 0 Å². The van der Waals surface area contributed by atoms with Crippen LogP contribution in [-0.2, 0) is 14.3 Å². The lowest BCUT2D eigenvalue weighted by molar-refractivity contribution is -0.143. The Morgan fingerprint density at radius 1 is 0.397 bits per heavy atom. The highest BCUT2D eigenvalue weighted by Gasteiger charge is 2.18. The van der Waals surface area contributed by atoms with E-state index in [1.165, 1.54) is 270 Å². The summed E-state index contributed by atoms with van der Waals surface area (Å²) in [4.78, 5) is 24.4. The Morgan fingerprint density at radius 3 is 1.04 bits per heavy atom. The zero-order chi connectivity index (χ0) is 49.3. The van der Waals surface area contributed by atoms with E-state index in [1.54, 1.807) is 6.08 Å². The van der Waals surface area contributed by atoms with Crippen molar-refractivity contribution in [3.05, 3.63) is 24.3 Å². The van der Waals surface area contributed by atoms with E-state index < -0.39 is 12.1 Å². The van der Waals surface area contributed by atoms with Crippen LogP contribution in [0.15, 0.2) is 24.3 Å². The molecule has 3 N–H and O–H groups in total. The van der Waals surface area contributed by atoms with Crippen molar-refractivity contribution in [1.29, 1.82) is 0 Å². The molecule has 0 spiro atoms.